The molecule has 5 heterocycles. The van der Waals surface area contributed by atoms with Gasteiger partial charge in [0.2, 0.25) is 5.95 Å². The molecule has 1 aliphatic rings. The standard InChI is InChI=1S/C23H23N9O2S/c1-14-3-2-4-16(28-14)20-25-9-6-18(30-20)29-19-7-10-26-22(31-19)32-23-27-12-17(35-23)21(33)34-13-15-5-8-24-11-15/h2-4,6-7,9-10,12,15,24H,5,8,11,13H2,1H3,(H2,25,26,27,29,30,31,32)/t15-/m1/s1. The van der Waals surface area contributed by atoms with E-state index in [4.69, 9.17) is 4.74 Å². The molecule has 4 aromatic rings. The van der Waals surface area contributed by atoms with Crippen molar-refractivity contribution < 1.29 is 9.53 Å². The van der Waals surface area contributed by atoms with Gasteiger partial charge in [-0.05, 0) is 44.2 Å². The third-order valence-corrected chi connectivity index (χ3v) is 6.12. The Balaban J connectivity index is 1.22. The molecule has 3 N–H and O–H groups in total. The number of thiazole rings is 1. The molecule has 0 bridgehead atoms. The molecule has 0 spiro atoms. The van der Waals surface area contributed by atoms with Crippen molar-refractivity contribution >= 4 is 40.0 Å². The van der Waals surface area contributed by atoms with Gasteiger partial charge in [0.05, 0.1) is 12.8 Å². The molecule has 1 fully saturated rings. The van der Waals surface area contributed by atoms with Crippen LogP contribution in [0.4, 0.5) is 22.7 Å². The average Bonchev–Trinajstić information content (AvgIpc) is 3.56. The minimum Gasteiger partial charge on any atom is -0.461 e. The van der Waals surface area contributed by atoms with E-state index >= 15 is 0 Å². The number of nitrogens with one attached hydrogen (secondary N) is 3. The van der Waals surface area contributed by atoms with Crippen LogP contribution in [0.3, 0.4) is 0 Å². The van der Waals surface area contributed by atoms with E-state index in [9.17, 15) is 4.79 Å². The summed E-state index contributed by atoms with van der Waals surface area (Å²) in [5, 5.41) is 9.94. The maximum absolute atomic E-state index is 12.3. The molecule has 178 valence electrons. The Hall–Kier alpha value is -4.03. The second-order valence-corrected chi connectivity index (χ2v) is 8.96. The maximum Gasteiger partial charge on any atom is 0.350 e. The van der Waals surface area contributed by atoms with E-state index in [1.54, 1.807) is 24.5 Å². The van der Waals surface area contributed by atoms with E-state index in [2.05, 4.69) is 45.9 Å². The molecule has 0 unspecified atom stereocenters. The summed E-state index contributed by atoms with van der Waals surface area (Å²) in [7, 11) is 0. The van der Waals surface area contributed by atoms with Crippen molar-refractivity contribution in [1.82, 2.24) is 35.2 Å². The van der Waals surface area contributed by atoms with Gasteiger partial charge in [0.1, 0.15) is 22.2 Å². The first kappa shape index (κ1) is 22.7. The topological polar surface area (TPSA) is 140 Å². The number of hydrogen-bond acceptors (Lipinski definition) is 12. The smallest absolute Gasteiger partial charge is 0.350 e. The largest absolute Gasteiger partial charge is 0.461 e. The molecule has 0 radical (unpaired) electrons. The van der Waals surface area contributed by atoms with Crippen molar-refractivity contribution in [1.29, 1.82) is 0 Å². The van der Waals surface area contributed by atoms with Gasteiger partial charge >= 0.3 is 5.97 Å². The number of aromatic nitrogens is 6. The Kier molecular flexibility index (Phi) is 6.82. The predicted molar refractivity (Wildman–Crippen MR) is 132 cm³/mol. The van der Waals surface area contributed by atoms with Crippen molar-refractivity contribution in [2.45, 2.75) is 13.3 Å². The summed E-state index contributed by atoms with van der Waals surface area (Å²) < 4.78 is 5.42. The number of aryl methyl sites for hydroxylation is 1. The fourth-order valence-electron chi connectivity index (χ4n) is 3.48. The number of hydrogen-bond donors (Lipinski definition) is 3. The molecule has 0 aromatic carbocycles. The summed E-state index contributed by atoms with van der Waals surface area (Å²) in [5.74, 6) is 1.94. The Morgan fingerprint density at radius 3 is 2.77 bits per heavy atom. The summed E-state index contributed by atoms with van der Waals surface area (Å²) >= 11 is 1.19. The quantitative estimate of drug-likeness (QED) is 0.314. The van der Waals surface area contributed by atoms with Gasteiger partial charge in [-0.1, -0.05) is 17.4 Å². The van der Waals surface area contributed by atoms with Gasteiger partial charge in [-0.3, -0.25) is 5.32 Å². The zero-order chi connectivity index (χ0) is 24.0. The molecule has 0 amide bonds. The SMILES string of the molecule is Cc1cccc(-c2nccc(Nc3ccnc(Nc4ncc(C(=O)OC[C@@H]5CCNC5)s4)n3)n2)n1. The van der Waals surface area contributed by atoms with Gasteiger partial charge in [0.25, 0.3) is 0 Å². The summed E-state index contributed by atoms with van der Waals surface area (Å²) in [5.41, 5.74) is 1.58. The minimum atomic E-state index is -0.374. The zero-order valence-electron chi connectivity index (χ0n) is 18.9. The van der Waals surface area contributed by atoms with Gasteiger partial charge in [-0.2, -0.15) is 4.98 Å². The van der Waals surface area contributed by atoms with Crippen LogP contribution in [0.25, 0.3) is 11.5 Å². The second-order valence-electron chi connectivity index (χ2n) is 7.93. The van der Waals surface area contributed by atoms with Crippen LogP contribution in [0.1, 0.15) is 21.8 Å². The van der Waals surface area contributed by atoms with Crippen molar-refractivity contribution in [3.05, 3.63) is 59.5 Å². The first-order valence-corrected chi connectivity index (χ1v) is 11.9. The highest BCUT2D eigenvalue weighted by Crippen LogP contribution is 2.23. The van der Waals surface area contributed by atoms with Crippen LogP contribution in [-0.4, -0.2) is 55.6 Å². The van der Waals surface area contributed by atoms with Crippen molar-refractivity contribution in [2.75, 3.05) is 30.3 Å². The number of ether oxygens (including phenoxy) is 1. The van der Waals surface area contributed by atoms with E-state index in [1.165, 1.54) is 17.5 Å². The second kappa shape index (κ2) is 10.5. The molecular formula is C23H23N9O2S. The summed E-state index contributed by atoms with van der Waals surface area (Å²) in [6.07, 6.45) is 5.78. The lowest BCUT2D eigenvalue weighted by Gasteiger charge is -2.08. The highest BCUT2D eigenvalue weighted by atomic mass is 32.1. The summed E-state index contributed by atoms with van der Waals surface area (Å²) in [6, 6.07) is 9.17. The fraction of sp³-hybridized carbons (Fsp3) is 0.261. The Morgan fingerprint density at radius 2 is 1.94 bits per heavy atom. The van der Waals surface area contributed by atoms with Gasteiger partial charge in [-0.25, -0.2) is 29.7 Å². The summed E-state index contributed by atoms with van der Waals surface area (Å²) in [6.45, 7) is 4.17. The molecule has 1 saturated heterocycles. The van der Waals surface area contributed by atoms with Gasteiger partial charge < -0.3 is 15.4 Å². The lowest BCUT2D eigenvalue weighted by atomic mass is 10.1. The van der Waals surface area contributed by atoms with E-state index in [-0.39, 0.29) is 5.97 Å². The van der Waals surface area contributed by atoms with Crippen LogP contribution in [0.5, 0.6) is 0 Å². The van der Waals surface area contributed by atoms with Crippen LogP contribution in [-0.2, 0) is 4.74 Å². The molecule has 11 nitrogen and oxygen atoms in total. The van der Waals surface area contributed by atoms with Crippen LogP contribution in [0.2, 0.25) is 0 Å². The lowest BCUT2D eigenvalue weighted by Crippen LogP contribution is -2.16. The number of nitrogens with zero attached hydrogens (tertiary/aromatic N) is 6. The third kappa shape index (κ3) is 5.91. The zero-order valence-corrected chi connectivity index (χ0v) is 19.7. The maximum atomic E-state index is 12.3. The van der Waals surface area contributed by atoms with E-state index < -0.39 is 0 Å². The molecule has 5 rings (SSSR count). The third-order valence-electron chi connectivity index (χ3n) is 5.22. The first-order chi connectivity index (χ1) is 17.1. The fourth-order valence-corrected chi connectivity index (χ4v) is 4.19. The molecule has 12 heteroatoms. The van der Waals surface area contributed by atoms with Gasteiger partial charge in [0, 0.05) is 30.6 Å². The minimum absolute atomic E-state index is 0.330. The van der Waals surface area contributed by atoms with Crippen LogP contribution in [0, 0.1) is 12.8 Å². The number of pyridine rings is 1. The Labute approximate surface area is 205 Å². The number of carbonyl (C=O) groups is 1. The highest BCUT2D eigenvalue weighted by Gasteiger charge is 2.19. The normalized spacial score (nSPS) is 15.1. The van der Waals surface area contributed by atoms with E-state index in [0.29, 0.717) is 51.6 Å². The molecular weight excluding hydrogens is 466 g/mol. The van der Waals surface area contributed by atoms with Gasteiger partial charge in [-0.15, -0.1) is 0 Å². The molecule has 4 aromatic heterocycles. The van der Waals surface area contributed by atoms with Crippen molar-refractivity contribution in [3.63, 3.8) is 0 Å². The lowest BCUT2D eigenvalue weighted by molar-refractivity contribution is 0.0455. The summed E-state index contributed by atoms with van der Waals surface area (Å²) in [4.78, 5) is 39.0. The Bertz CT molecular complexity index is 1320. The number of esters is 1. The molecule has 1 atom stereocenters. The van der Waals surface area contributed by atoms with Crippen molar-refractivity contribution in [2.24, 2.45) is 5.92 Å². The van der Waals surface area contributed by atoms with Crippen LogP contribution < -0.4 is 16.0 Å². The monoisotopic (exact) mass is 489 g/mol. The predicted octanol–water partition coefficient (Wildman–Crippen LogP) is 3.35. The first-order valence-electron chi connectivity index (χ1n) is 11.1. The molecule has 35 heavy (non-hydrogen) atoms. The van der Waals surface area contributed by atoms with E-state index in [0.717, 1.165) is 25.2 Å². The average molecular weight is 490 g/mol. The number of anilines is 4. The van der Waals surface area contributed by atoms with Crippen molar-refractivity contribution in [3.8, 4) is 11.5 Å². The number of rotatable bonds is 8. The molecule has 0 aliphatic carbocycles. The molecule has 1 aliphatic heterocycles. The molecule has 0 saturated carbocycles. The highest BCUT2D eigenvalue weighted by molar-refractivity contribution is 7.17. The van der Waals surface area contributed by atoms with Crippen LogP contribution in [0.15, 0.2) is 48.9 Å². The van der Waals surface area contributed by atoms with Crippen LogP contribution >= 0.6 is 11.3 Å². The van der Waals surface area contributed by atoms with Gasteiger partial charge in [0.15, 0.2) is 11.0 Å². The Morgan fingerprint density at radius 1 is 1.09 bits per heavy atom. The number of carbonyl (C=O) groups excluding carboxylic acids is 1. The van der Waals surface area contributed by atoms with E-state index in [1.807, 2.05) is 25.1 Å².